The van der Waals surface area contributed by atoms with Crippen LogP contribution in [0, 0.1) is 19.8 Å². The highest BCUT2D eigenvalue weighted by Crippen LogP contribution is 2.12. The van der Waals surface area contributed by atoms with Crippen LogP contribution in [0.25, 0.3) is 5.65 Å². The van der Waals surface area contributed by atoms with Crippen molar-refractivity contribution in [2.75, 3.05) is 6.54 Å². The lowest BCUT2D eigenvalue weighted by Gasteiger charge is -2.24. The summed E-state index contributed by atoms with van der Waals surface area (Å²) in [5, 5.41) is 0. The molecule has 0 aliphatic carbocycles. The molecule has 0 bridgehead atoms. The monoisotopic (exact) mass is 349 g/mol. The molecule has 0 saturated carbocycles. The van der Waals surface area contributed by atoms with Gasteiger partial charge in [0.1, 0.15) is 5.65 Å². The molecule has 0 atom stereocenters. The summed E-state index contributed by atoms with van der Waals surface area (Å²) in [5.74, 6) is 0.546. The number of aromatic nitrogens is 2. The lowest BCUT2D eigenvalue weighted by Crippen LogP contribution is -2.28. The van der Waals surface area contributed by atoms with Gasteiger partial charge in [-0.2, -0.15) is 0 Å². The third-order valence-electron chi connectivity index (χ3n) is 4.40. The first-order valence-electron chi connectivity index (χ1n) is 9.17. The highest BCUT2D eigenvalue weighted by atomic mass is 16.1. The summed E-state index contributed by atoms with van der Waals surface area (Å²) in [5.41, 5.74) is 5.11. The van der Waals surface area contributed by atoms with Gasteiger partial charge in [0.05, 0.1) is 5.69 Å². The van der Waals surface area contributed by atoms with Gasteiger partial charge in [-0.1, -0.05) is 49.7 Å². The molecule has 0 spiro atoms. The molecular formula is C22H27N3O. The van der Waals surface area contributed by atoms with Crippen LogP contribution in [0.3, 0.4) is 0 Å². The highest BCUT2D eigenvalue weighted by molar-refractivity contribution is 5.39. The molecule has 0 amide bonds. The molecular weight excluding hydrogens is 322 g/mol. The summed E-state index contributed by atoms with van der Waals surface area (Å²) >= 11 is 0. The van der Waals surface area contributed by atoms with Gasteiger partial charge in [0.2, 0.25) is 0 Å². The quantitative estimate of drug-likeness (QED) is 0.676. The van der Waals surface area contributed by atoms with Crippen LogP contribution in [0.2, 0.25) is 0 Å². The molecule has 4 nitrogen and oxygen atoms in total. The minimum atomic E-state index is -0.0199. The SMILES string of the molecule is Cc1ccc(CN(Cc2cc(=O)n3cc(C)ccc3n2)CC(C)C)cc1. The number of nitrogens with zero attached hydrogens (tertiary/aromatic N) is 3. The van der Waals surface area contributed by atoms with Crippen molar-refractivity contribution >= 4 is 5.65 Å². The normalized spacial score (nSPS) is 11.6. The number of hydrogen-bond donors (Lipinski definition) is 0. The molecule has 0 fully saturated rings. The van der Waals surface area contributed by atoms with Gasteiger partial charge in [-0.25, -0.2) is 4.98 Å². The van der Waals surface area contributed by atoms with Gasteiger partial charge in [0.15, 0.2) is 0 Å². The van der Waals surface area contributed by atoms with E-state index in [1.165, 1.54) is 11.1 Å². The molecule has 3 aromatic rings. The molecule has 2 heterocycles. The number of fused-ring (bicyclic) bond motifs is 1. The number of benzene rings is 1. The van der Waals surface area contributed by atoms with Crippen molar-refractivity contribution < 1.29 is 0 Å². The maximum Gasteiger partial charge on any atom is 0.258 e. The Hall–Kier alpha value is -2.46. The first-order chi connectivity index (χ1) is 12.4. The van der Waals surface area contributed by atoms with Crippen LogP contribution < -0.4 is 5.56 Å². The van der Waals surface area contributed by atoms with E-state index in [0.717, 1.165) is 24.3 Å². The maximum absolute atomic E-state index is 12.5. The Morgan fingerprint density at radius 1 is 1.00 bits per heavy atom. The summed E-state index contributed by atoms with van der Waals surface area (Å²) in [6.45, 7) is 11.0. The van der Waals surface area contributed by atoms with Crippen LogP contribution in [0.5, 0.6) is 0 Å². The van der Waals surface area contributed by atoms with E-state index in [0.29, 0.717) is 18.1 Å². The molecule has 0 radical (unpaired) electrons. The molecule has 0 N–H and O–H groups in total. The van der Waals surface area contributed by atoms with Crippen LogP contribution in [0.4, 0.5) is 0 Å². The third kappa shape index (κ3) is 4.58. The van der Waals surface area contributed by atoms with Crippen molar-refractivity contribution in [1.82, 2.24) is 14.3 Å². The summed E-state index contributed by atoms with van der Waals surface area (Å²) in [4.78, 5) is 19.5. The fraction of sp³-hybridized carbons (Fsp3) is 0.364. The predicted octanol–water partition coefficient (Wildman–Crippen LogP) is 3.97. The standard InChI is InChI=1S/C22H27N3O/c1-16(2)12-24(14-19-8-5-17(3)6-9-19)15-20-11-22(26)25-13-18(4)7-10-21(25)23-20/h5-11,13,16H,12,14-15H2,1-4H3. The Balaban J connectivity index is 1.86. The van der Waals surface area contributed by atoms with Gasteiger partial charge < -0.3 is 0 Å². The van der Waals surface area contributed by atoms with Crippen molar-refractivity contribution in [3.05, 3.63) is 81.4 Å². The summed E-state index contributed by atoms with van der Waals surface area (Å²) in [7, 11) is 0. The van der Waals surface area contributed by atoms with E-state index in [-0.39, 0.29) is 5.56 Å². The number of rotatable bonds is 6. The van der Waals surface area contributed by atoms with E-state index in [1.807, 2.05) is 25.3 Å². The van der Waals surface area contributed by atoms with Gasteiger partial charge in [-0.05, 0) is 37.0 Å². The molecule has 26 heavy (non-hydrogen) atoms. The zero-order chi connectivity index (χ0) is 18.7. The number of pyridine rings is 1. The van der Waals surface area contributed by atoms with E-state index < -0.39 is 0 Å². The van der Waals surface area contributed by atoms with Crippen LogP contribution in [0.1, 0.15) is 36.2 Å². The Kier molecular flexibility index (Phi) is 5.52. The van der Waals surface area contributed by atoms with E-state index in [2.05, 4.69) is 49.9 Å². The zero-order valence-corrected chi connectivity index (χ0v) is 16.1. The lowest BCUT2D eigenvalue weighted by molar-refractivity contribution is 0.225. The fourth-order valence-electron chi connectivity index (χ4n) is 3.22. The van der Waals surface area contributed by atoms with E-state index in [9.17, 15) is 4.79 Å². The first-order valence-corrected chi connectivity index (χ1v) is 9.17. The highest BCUT2D eigenvalue weighted by Gasteiger charge is 2.12. The van der Waals surface area contributed by atoms with Crippen molar-refractivity contribution in [1.29, 1.82) is 0 Å². The second-order valence-electron chi connectivity index (χ2n) is 7.57. The maximum atomic E-state index is 12.5. The Morgan fingerprint density at radius 2 is 1.69 bits per heavy atom. The molecule has 0 saturated heterocycles. The summed E-state index contributed by atoms with van der Waals surface area (Å²) < 4.78 is 1.62. The molecule has 1 aromatic carbocycles. The van der Waals surface area contributed by atoms with Gasteiger partial charge in [0.25, 0.3) is 5.56 Å². The average molecular weight is 349 g/mol. The third-order valence-corrected chi connectivity index (χ3v) is 4.40. The summed E-state index contributed by atoms with van der Waals surface area (Å²) in [6.07, 6.45) is 1.84. The van der Waals surface area contributed by atoms with E-state index in [1.54, 1.807) is 10.5 Å². The Morgan fingerprint density at radius 3 is 2.38 bits per heavy atom. The Labute approximate surface area is 155 Å². The predicted molar refractivity (Wildman–Crippen MR) is 106 cm³/mol. The average Bonchev–Trinajstić information content (AvgIpc) is 2.57. The fourth-order valence-corrected chi connectivity index (χ4v) is 3.22. The second-order valence-corrected chi connectivity index (χ2v) is 7.57. The van der Waals surface area contributed by atoms with Crippen LogP contribution in [-0.4, -0.2) is 20.8 Å². The molecule has 0 aliphatic rings. The molecule has 136 valence electrons. The second kappa shape index (κ2) is 7.83. The molecule has 3 rings (SSSR count). The van der Waals surface area contributed by atoms with Crippen molar-refractivity contribution in [3.8, 4) is 0 Å². The van der Waals surface area contributed by atoms with Crippen LogP contribution >= 0.6 is 0 Å². The van der Waals surface area contributed by atoms with Gasteiger partial charge in [-0.15, -0.1) is 0 Å². The van der Waals surface area contributed by atoms with Crippen molar-refractivity contribution in [2.45, 2.75) is 40.8 Å². The molecule has 2 aromatic heterocycles. The molecule has 0 aliphatic heterocycles. The van der Waals surface area contributed by atoms with Crippen LogP contribution in [0.15, 0.2) is 53.5 Å². The van der Waals surface area contributed by atoms with Gasteiger partial charge in [-0.3, -0.25) is 14.1 Å². The smallest absolute Gasteiger partial charge is 0.258 e. The zero-order valence-electron chi connectivity index (χ0n) is 16.1. The van der Waals surface area contributed by atoms with Crippen molar-refractivity contribution in [2.24, 2.45) is 5.92 Å². The van der Waals surface area contributed by atoms with Gasteiger partial charge in [0, 0.05) is 31.9 Å². The minimum Gasteiger partial charge on any atom is -0.293 e. The van der Waals surface area contributed by atoms with Gasteiger partial charge >= 0.3 is 0 Å². The molecule has 0 unspecified atom stereocenters. The largest absolute Gasteiger partial charge is 0.293 e. The minimum absolute atomic E-state index is 0.0199. The number of aryl methyl sites for hydroxylation is 2. The Bertz CT molecular complexity index is 942. The lowest BCUT2D eigenvalue weighted by atomic mass is 10.1. The van der Waals surface area contributed by atoms with E-state index >= 15 is 0 Å². The van der Waals surface area contributed by atoms with E-state index in [4.69, 9.17) is 4.98 Å². The van der Waals surface area contributed by atoms with Crippen molar-refractivity contribution in [3.63, 3.8) is 0 Å². The molecule has 4 heteroatoms. The topological polar surface area (TPSA) is 37.6 Å². The summed E-state index contributed by atoms with van der Waals surface area (Å²) in [6, 6.07) is 14.2. The number of hydrogen-bond acceptors (Lipinski definition) is 3. The first kappa shape index (κ1) is 18.3. The van der Waals surface area contributed by atoms with Crippen LogP contribution in [-0.2, 0) is 13.1 Å².